The number of aromatic amines is 1. The van der Waals surface area contributed by atoms with E-state index in [2.05, 4.69) is 35.9 Å². The number of nitrogens with one attached hydrogen (secondary N) is 3. The molecule has 3 heterocycles. The molecule has 0 unspecified atom stereocenters. The number of methoxy groups -OCH3 is 1. The summed E-state index contributed by atoms with van der Waals surface area (Å²) < 4.78 is 10.5. The number of hydrazine groups is 1. The van der Waals surface area contributed by atoms with Crippen LogP contribution < -0.4 is 15.5 Å². The zero-order chi connectivity index (χ0) is 17.1. The molecule has 1 aliphatic rings. The quantitative estimate of drug-likeness (QED) is 0.628. The smallest absolute Gasteiger partial charge is 0.322 e. The highest BCUT2D eigenvalue weighted by Gasteiger charge is 2.14. The molecule has 1 saturated heterocycles. The number of anilines is 3. The van der Waals surface area contributed by atoms with Gasteiger partial charge in [-0.25, -0.2) is 5.01 Å². The first-order chi connectivity index (χ1) is 12.3. The standard InChI is InChI=1S/C15H18N8O2/c1-24-15-19-13(17-11-3-2-10-9-16-21-12(10)8-11)18-14(20-15)22-23-4-6-25-7-5-23/h2-3,8-9H,4-7H2,1H3,(H,16,21)(H2,17,18,19,20,22). The SMILES string of the molecule is COc1nc(Nc2ccc3cn[nH]c3c2)nc(NN2CCOCC2)n1. The number of hydrogen-bond donors (Lipinski definition) is 3. The van der Waals surface area contributed by atoms with Gasteiger partial charge >= 0.3 is 6.01 Å². The van der Waals surface area contributed by atoms with Crippen LogP contribution in [0.25, 0.3) is 10.9 Å². The third-order valence-corrected chi connectivity index (χ3v) is 3.76. The molecular formula is C15H18N8O2. The van der Waals surface area contributed by atoms with Gasteiger partial charge in [0.15, 0.2) is 0 Å². The van der Waals surface area contributed by atoms with Crippen molar-refractivity contribution in [1.82, 2.24) is 30.2 Å². The van der Waals surface area contributed by atoms with Crippen LogP contribution in [0.5, 0.6) is 6.01 Å². The summed E-state index contributed by atoms with van der Waals surface area (Å²) in [4.78, 5) is 12.9. The third kappa shape index (κ3) is 3.59. The molecule has 0 aliphatic carbocycles. The Kier molecular flexibility index (Phi) is 4.27. The summed E-state index contributed by atoms with van der Waals surface area (Å²) in [7, 11) is 1.52. The lowest BCUT2D eigenvalue weighted by Gasteiger charge is -2.26. The maximum absolute atomic E-state index is 5.33. The molecule has 2 aromatic heterocycles. The van der Waals surface area contributed by atoms with E-state index in [0.29, 0.717) is 25.1 Å². The molecular weight excluding hydrogens is 324 g/mol. The van der Waals surface area contributed by atoms with Gasteiger partial charge in [-0.15, -0.1) is 0 Å². The Bertz CT molecular complexity index is 862. The number of aromatic nitrogens is 5. The van der Waals surface area contributed by atoms with Gasteiger partial charge in [-0.05, 0) is 18.2 Å². The minimum absolute atomic E-state index is 0.232. The Morgan fingerprint density at radius 1 is 1.16 bits per heavy atom. The van der Waals surface area contributed by atoms with Crippen molar-refractivity contribution in [1.29, 1.82) is 0 Å². The fourth-order valence-corrected chi connectivity index (χ4v) is 2.51. The fourth-order valence-electron chi connectivity index (χ4n) is 2.51. The molecule has 0 spiro atoms. The van der Waals surface area contributed by atoms with Crippen LogP contribution in [0.1, 0.15) is 0 Å². The van der Waals surface area contributed by atoms with Gasteiger partial charge in [0.2, 0.25) is 11.9 Å². The number of ether oxygens (including phenoxy) is 2. The molecule has 4 rings (SSSR count). The summed E-state index contributed by atoms with van der Waals surface area (Å²) in [5.74, 6) is 0.806. The second-order valence-electron chi connectivity index (χ2n) is 5.48. The highest BCUT2D eigenvalue weighted by Crippen LogP contribution is 2.20. The summed E-state index contributed by atoms with van der Waals surface area (Å²) >= 11 is 0. The maximum atomic E-state index is 5.33. The predicted octanol–water partition coefficient (Wildman–Crippen LogP) is 1.16. The molecule has 10 heteroatoms. The molecule has 1 aliphatic heterocycles. The summed E-state index contributed by atoms with van der Waals surface area (Å²) in [6.07, 6.45) is 1.77. The van der Waals surface area contributed by atoms with Crippen LogP contribution in [-0.4, -0.2) is 63.6 Å². The molecule has 3 aromatic rings. The van der Waals surface area contributed by atoms with Gasteiger partial charge in [0.1, 0.15) is 0 Å². The Hall–Kier alpha value is -2.98. The van der Waals surface area contributed by atoms with Crippen molar-refractivity contribution in [3.63, 3.8) is 0 Å². The monoisotopic (exact) mass is 342 g/mol. The van der Waals surface area contributed by atoms with Gasteiger partial charge in [0.05, 0.1) is 32.0 Å². The van der Waals surface area contributed by atoms with Crippen molar-refractivity contribution in [2.24, 2.45) is 0 Å². The third-order valence-electron chi connectivity index (χ3n) is 3.76. The number of benzene rings is 1. The lowest BCUT2D eigenvalue weighted by atomic mass is 10.2. The van der Waals surface area contributed by atoms with Crippen LogP contribution in [0.4, 0.5) is 17.6 Å². The Morgan fingerprint density at radius 3 is 2.84 bits per heavy atom. The zero-order valence-corrected chi connectivity index (χ0v) is 13.7. The molecule has 0 bridgehead atoms. The van der Waals surface area contributed by atoms with E-state index in [-0.39, 0.29) is 6.01 Å². The molecule has 1 aromatic carbocycles. The van der Waals surface area contributed by atoms with Crippen molar-refractivity contribution in [2.75, 3.05) is 44.2 Å². The van der Waals surface area contributed by atoms with Crippen LogP contribution >= 0.6 is 0 Å². The molecule has 0 radical (unpaired) electrons. The van der Waals surface area contributed by atoms with E-state index >= 15 is 0 Å². The van der Waals surface area contributed by atoms with Crippen molar-refractivity contribution in [3.8, 4) is 6.01 Å². The molecule has 10 nitrogen and oxygen atoms in total. The summed E-state index contributed by atoms with van der Waals surface area (Å²) in [5, 5.41) is 13.2. The van der Waals surface area contributed by atoms with Crippen molar-refractivity contribution >= 4 is 28.5 Å². The Morgan fingerprint density at radius 2 is 2.00 bits per heavy atom. The molecule has 1 fully saturated rings. The van der Waals surface area contributed by atoms with Crippen LogP contribution in [0.2, 0.25) is 0 Å². The van der Waals surface area contributed by atoms with Crippen molar-refractivity contribution in [3.05, 3.63) is 24.4 Å². The zero-order valence-electron chi connectivity index (χ0n) is 13.7. The highest BCUT2D eigenvalue weighted by molar-refractivity contribution is 5.82. The topological polar surface area (TPSA) is 113 Å². The summed E-state index contributed by atoms with van der Waals surface area (Å²) in [5.41, 5.74) is 4.93. The maximum Gasteiger partial charge on any atom is 0.322 e. The number of morpholine rings is 1. The van der Waals surface area contributed by atoms with Crippen molar-refractivity contribution < 1.29 is 9.47 Å². The predicted molar refractivity (Wildman–Crippen MR) is 91.8 cm³/mol. The largest absolute Gasteiger partial charge is 0.467 e. The first kappa shape index (κ1) is 15.5. The van der Waals surface area contributed by atoms with Crippen LogP contribution in [0.3, 0.4) is 0 Å². The Balaban J connectivity index is 1.56. The second kappa shape index (κ2) is 6.87. The first-order valence-electron chi connectivity index (χ1n) is 7.90. The lowest BCUT2D eigenvalue weighted by molar-refractivity contribution is 0.0492. The average Bonchev–Trinajstić information content (AvgIpc) is 3.10. The number of rotatable bonds is 5. The van der Waals surface area contributed by atoms with Gasteiger partial charge < -0.3 is 14.8 Å². The number of H-pyrrole nitrogens is 1. The van der Waals surface area contributed by atoms with Gasteiger partial charge in [-0.2, -0.15) is 20.1 Å². The number of fused-ring (bicyclic) bond motifs is 1. The molecule has 130 valence electrons. The van der Waals surface area contributed by atoms with E-state index in [4.69, 9.17) is 9.47 Å². The minimum Gasteiger partial charge on any atom is -0.467 e. The number of nitrogens with zero attached hydrogens (tertiary/aromatic N) is 5. The summed E-state index contributed by atoms with van der Waals surface area (Å²) in [6, 6.07) is 6.07. The molecule has 3 N–H and O–H groups in total. The van der Waals surface area contributed by atoms with Gasteiger partial charge in [0, 0.05) is 24.2 Å². The normalized spacial score (nSPS) is 15.2. The fraction of sp³-hybridized carbons (Fsp3) is 0.333. The van der Waals surface area contributed by atoms with Gasteiger partial charge in [-0.3, -0.25) is 10.5 Å². The molecule has 0 atom stereocenters. The Labute approximate surface area is 143 Å². The summed E-state index contributed by atoms with van der Waals surface area (Å²) in [6.45, 7) is 2.86. The van der Waals surface area contributed by atoms with Crippen molar-refractivity contribution in [2.45, 2.75) is 0 Å². The number of hydrogen-bond acceptors (Lipinski definition) is 9. The molecule has 25 heavy (non-hydrogen) atoms. The van der Waals surface area contributed by atoms with Gasteiger partial charge in [-0.1, -0.05) is 0 Å². The van der Waals surface area contributed by atoms with E-state index in [1.165, 1.54) is 7.11 Å². The molecule has 0 amide bonds. The van der Waals surface area contributed by atoms with Crippen LogP contribution in [0, 0.1) is 0 Å². The van der Waals surface area contributed by atoms with Crippen LogP contribution in [-0.2, 0) is 4.74 Å². The van der Waals surface area contributed by atoms with E-state index in [0.717, 1.165) is 29.7 Å². The average molecular weight is 342 g/mol. The molecule has 0 saturated carbocycles. The first-order valence-corrected chi connectivity index (χ1v) is 7.90. The van der Waals surface area contributed by atoms with Crippen LogP contribution in [0.15, 0.2) is 24.4 Å². The highest BCUT2D eigenvalue weighted by atomic mass is 16.5. The van der Waals surface area contributed by atoms with E-state index in [1.807, 2.05) is 23.2 Å². The lowest BCUT2D eigenvalue weighted by Crippen LogP contribution is -2.40. The van der Waals surface area contributed by atoms with E-state index < -0.39 is 0 Å². The second-order valence-corrected chi connectivity index (χ2v) is 5.48. The van der Waals surface area contributed by atoms with E-state index in [1.54, 1.807) is 6.20 Å². The van der Waals surface area contributed by atoms with E-state index in [9.17, 15) is 0 Å². The van der Waals surface area contributed by atoms with Gasteiger partial charge in [0.25, 0.3) is 0 Å². The minimum atomic E-state index is 0.232.